The lowest BCUT2D eigenvalue weighted by Gasteiger charge is -2.06. The number of aromatic nitrogens is 2. The first-order valence-corrected chi connectivity index (χ1v) is 7.83. The molecule has 2 rings (SSSR count). The lowest BCUT2D eigenvalue weighted by Crippen LogP contribution is -2.17. The Morgan fingerprint density at radius 3 is 2.83 bits per heavy atom. The molecule has 1 aliphatic rings. The van der Waals surface area contributed by atoms with Crippen molar-refractivity contribution in [3.63, 3.8) is 0 Å². The molecule has 4 nitrogen and oxygen atoms in total. The number of nitrogens with zero attached hydrogens (tertiary/aromatic N) is 2. The zero-order chi connectivity index (χ0) is 12.6. The fraction of sp³-hybridized carbons (Fsp3) is 0.846. The van der Waals surface area contributed by atoms with E-state index in [0.717, 1.165) is 49.0 Å². The highest BCUT2D eigenvalue weighted by molar-refractivity contribution is 7.11. The normalized spacial score (nSPS) is 19.5. The standard InChI is InChI=1S/C13H23N3OS/c1-2-8-14-9-7-13-16-15-12(18-13)6-5-11-4-3-10-17-11/h11,14H,2-10H2,1H3. The summed E-state index contributed by atoms with van der Waals surface area (Å²) in [6.07, 6.45) is 7.19. The molecule has 1 aliphatic heterocycles. The van der Waals surface area contributed by atoms with E-state index in [0.29, 0.717) is 6.10 Å². The molecule has 0 radical (unpaired) electrons. The molecule has 18 heavy (non-hydrogen) atoms. The van der Waals surface area contributed by atoms with Crippen LogP contribution in [0.2, 0.25) is 0 Å². The second kappa shape index (κ2) is 7.81. The number of rotatable bonds is 8. The van der Waals surface area contributed by atoms with Crippen molar-refractivity contribution >= 4 is 11.3 Å². The van der Waals surface area contributed by atoms with Crippen LogP contribution in [0.4, 0.5) is 0 Å². The van der Waals surface area contributed by atoms with Crippen LogP contribution in [0.15, 0.2) is 0 Å². The van der Waals surface area contributed by atoms with E-state index >= 15 is 0 Å². The smallest absolute Gasteiger partial charge is 0.118 e. The Balaban J connectivity index is 1.65. The van der Waals surface area contributed by atoms with Gasteiger partial charge in [-0.25, -0.2) is 0 Å². The Morgan fingerprint density at radius 1 is 1.28 bits per heavy atom. The molecule has 2 heterocycles. The van der Waals surface area contributed by atoms with Crippen molar-refractivity contribution in [2.75, 3.05) is 19.7 Å². The first-order valence-electron chi connectivity index (χ1n) is 7.02. The van der Waals surface area contributed by atoms with Crippen LogP contribution in [0.25, 0.3) is 0 Å². The van der Waals surface area contributed by atoms with Crippen LogP contribution in [0.3, 0.4) is 0 Å². The molecule has 0 bridgehead atoms. The van der Waals surface area contributed by atoms with Crippen LogP contribution in [0.1, 0.15) is 42.6 Å². The van der Waals surface area contributed by atoms with Crippen LogP contribution in [0, 0.1) is 0 Å². The minimum atomic E-state index is 0.462. The van der Waals surface area contributed by atoms with Crippen LogP contribution in [-0.2, 0) is 17.6 Å². The second-order valence-electron chi connectivity index (χ2n) is 4.76. The fourth-order valence-electron chi connectivity index (χ4n) is 2.14. The zero-order valence-corrected chi connectivity index (χ0v) is 12.0. The maximum atomic E-state index is 5.62. The summed E-state index contributed by atoms with van der Waals surface area (Å²) in [4.78, 5) is 0. The minimum Gasteiger partial charge on any atom is -0.378 e. The zero-order valence-electron chi connectivity index (χ0n) is 11.2. The molecule has 0 amide bonds. The highest BCUT2D eigenvalue weighted by atomic mass is 32.1. The van der Waals surface area contributed by atoms with Gasteiger partial charge in [0.25, 0.3) is 0 Å². The number of hydrogen-bond donors (Lipinski definition) is 1. The Hall–Kier alpha value is -0.520. The van der Waals surface area contributed by atoms with E-state index in [1.54, 1.807) is 11.3 Å². The van der Waals surface area contributed by atoms with Gasteiger partial charge in [0, 0.05) is 26.0 Å². The molecule has 1 unspecified atom stereocenters. The monoisotopic (exact) mass is 269 g/mol. The van der Waals surface area contributed by atoms with Crippen molar-refractivity contribution < 1.29 is 4.74 Å². The summed E-state index contributed by atoms with van der Waals surface area (Å²) < 4.78 is 5.62. The summed E-state index contributed by atoms with van der Waals surface area (Å²) in [6.45, 7) is 5.22. The molecule has 1 aromatic rings. The molecule has 0 spiro atoms. The molecular weight excluding hydrogens is 246 g/mol. The molecule has 0 saturated carbocycles. The topological polar surface area (TPSA) is 47.0 Å². The molecule has 1 atom stereocenters. The van der Waals surface area contributed by atoms with Crippen molar-refractivity contribution in [2.24, 2.45) is 0 Å². The van der Waals surface area contributed by atoms with Gasteiger partial charge in [0.2, 0.25) is 0 Å². The first kappa shape index (κ1) is 13.9. The van der Waals surface area contributed by atoms with Crippen LogP contribution < -0.4 is 5.32 Å². The van der Waals surface area contributed by atoms with Gasteiger partial charge in [-0.15, -0.1) is 21.5 Å². The summed E-state index contributed by atoms with van der Waals surface area (Å²) in [5.41, 5.74) is 0. The van der Waals surface area contributed by atoms with E-state index < -0.39 is 0 Å². The van der Waals surface area contributed by atoms with Crippen molar-refractivity contribution in [1.29, 1.82) is 0 Å². The summed E-state index contributed by atoms with van der Waals surface area (Å²) in [7, 11) is 0. The van der Waals surface area contributed by atoms with Gasteiger partial charge in [0.1, 0.15) is 10.0 Å². The average molecular weight is 269 g/mol. The van der Waals surface area contributed by atoms with Crippen molar-refractivity contribution in [3.8, 4) is 0 Å². The predicted octanol–water partition coefficient (Wildman–Crippen LogP) is 2.19. The first-order chi connectivity index (χ1) is 8.88. The Labute approximate surface area is 113 Å². The number of aryl methyl sites for hydroxylation is 1. The molecule has 0 aromatic carbocycles. The third-order valence-electron chi connectivity index (χ3n) is 3.16. The van der Waals surface area contributed by atoms with E-state index in [2.05, 4.69) is 22.4 Å². The summed E-state index contributed by atoms with van der Waals surface area (Å²) in [5, 5.41) is 14.2. The summed E-state index contributed by atoms with van der Waals surface area (Å²) in [5.74, 6) is 0. The van der Waals surface area contributed by atoms with Gasteiger partial charge in [0.05, 0.1) is 6.10 Å². The predicted molar refractivity (Wildman–Crippen MR) is 74.1 cm³/mol. The number of nitrogens with one attached hydrogen (secondary N) is 1. The average Bonchev–Trinajstić information content (AvgIpc) is 3.03. The highest BCUT2D eigenvalue weighted by Crippen LogP contribution is 2.19. The lowest BCUT2D eigenvalue weighted by molar-refractivity contribution is 0.104. The third kappa shape index (κ3) is 4.63. The van der Waals surface area contributed by atoms with Gasteiger partial charge in [-0.3, -0.25) is 0 Å². The molecule has 1 saturated heterocycles. The molecule has 1 N–H and O–H groups in total. The van der Waals surface area contributed by atoms with E-state index in [4.69, 9.17) is 4.74 Å². The minimum absolute atomic E-state index is 0.462. The van der Waals surface area contributed by atoms with Gasteiger partial charge in [0.15, 0.2) is 0 Å². The van der Waals surface area contributed by atoms with Gasteiger partial charge in [-0.2, -0.15) is 0 Å². The lowest BCUT2D eigenvalue weighted by atomic mass is 10.1. The molecule has 5 heteroatoms. The highest BCUT2D eigenvalue weighted by Gasteiger charge is 2.16. The number of ether oxygens (including phenoxy) is 1. The fourth-order valence-corrected chi connectivity index (χ4v) is 3.00. The molecule has 1 aromatic heterocycles. The van der Waals surface area contributed by atoms with Gasteiger partial charge in [-0.1, -0.05) is 6.92 Å². The van der Waals surface area contributed by atoms with E-state index in [1.165, 1.54) is 19.3 Å². The Morgan fingerprint density at radius 2 is 2.11 bits per heavy atom. The van der Waals surface area contributed by atoms with E-state index in [1.807, 2.05) is 0 Å². The molecular formula is C13H23N3OS. The Bertz CT molecular complexity index is 337. The van der Waals surface area contributed by atoms with E-state index in [-0.39, 0.29) is 0 Å². The van der Waals surface area contributed by atoms with Crippen LogP contribution in [0.5, 0.6) is 0 Å². The van der Waals surface area contributed by atoms with E-state index in [9.17, 15) is 0 Å². The SMILES string of the molecule is CCCNCCc1nnc(CCC2CCCO2)s1. The quantitative estimate of drug-likeness (QED) is 0.735. The van der Waals surface area contributed by atoms with Gasteiger partial charge < -0.3 is 10.1 Å². The maximum absolute atomic E-state index is 5.62. The van der Waals surface area contributed by atoms with Gasteiger partial charge in [-0.05, 0) is 32.2 Å². The molecule has 102 valence electrons. The maximum Gasteiger partial charge on any atom is 0.118 e. The van der Waals surface area contributed by atoms with Crippen LogP contribution >= 0.6 is 11.3 Å². The van der Waals surface area contributed by atoms with Crippen molar-refractivity contribution in [1.82, 2.24) is 15.5 Å². The largest absolute Gasteiger partial charge is 0.378 e. The van der Waals surface area contributed by atoms with Crippen molar-refractivity contribution in [3.05, 3.63) is 10.0 Å². The number of hydrogen-bond acceptors (Lipinski definition) is 5. The molecule has 1 fully saturated rings. The second-order valence-corrected chi connectivity index (χ2v) is 5.91. The van der Waals surface area contributed by atoms with Gasteiger partial charge >= 0.3 is 0 Å². The van der Waals surface area contributed by atoms with Crippen molar-refractivity contribution in [2.45, 2.75) is 51.6 Å². The summed E-state index contributed by atoms with van der Waals surface area (Å²) >= 11 is 1.76. The third-order valence-corrected chi connectivity index (χ3v) is 4.20. The summed E-state index contributed by atoms with van der Waals surface area (Å²) in [6, 6.07) is 0. The Kier molecular flexibility index (Phi) is 6.04. The molecule has 0 aliphatic carbocycles. The van der Waals surface area contributed by atoms with Crippen LogP contribution in [-0.4, -0.2) is 36.0 Å².